The van der Waals surface area contributed by atoms with Gasteiger partial charge in [-0.3, -0.25) is 4.79 Å². The molecule has 2 aromatic carbocycles. The van der Waals surface area contributed by atoms with Crippen LogP contribution in [0.15, 0.2) is 42.5 Å². The molecule has 2 aromatic rings. The van der Waals surface area contributed by atoms with E-state index < -0.39 is 5.91 Å². The van der Waals surface area contributed by atoms with E-state index in [1.165, 1.54) is 23.8 Å². The van der Waals surface area contributed by atoms with E-state index in [0.29, 0.717) is 17.7 Å². The fourth-order valence-electron chi connectivity index (χ4n) is 2.05. The summed E-state index contributed by atoms with van der Waals surface area (Å²) in [7, 11) is 0. The zero-order valence-electron chi connectivity index (χ0n) is 11.3. The molecule has 0 bridgehead atoms. The van der Waals surface area contributed by atoms with Crippen LogP contribution in [0.2, 0.25) is 0 Å². The summed E-state index contributed by atoms with van der Waals surface area (Å²) in [4.78, 5) is 11.1. The predicted octanol–water partition coefficient (Wildman–Crippen LogP) is 3.10. The maximum Gasteiger partial charge on any atom is 0.248 e. The number of nitrogens with one attached hydrogen (secondary N) is 1. The van der Waals surface area contributed by atoms with Gasteiger partial charge in [0.05, 0.1) is 0 Å². The van der Waals surface area contributed by atoms with E-state index in [1.54, 1.807) is 0 Å². The third-order valence-electron chi connectivity index (χ3n) is 3.20. The number of rotatable bonds is 5. The molecule has 2 rings (SSSR count). The number of carbonyl (C=O) groups is 1. The van der Waals surface area contributed by atoms with Gasteiger partial charge in [-0.15, -0.1) is 0 Å². The molecule has 3 nitrogen and oxygen atoms in total. The summed E-state index contributed by atoms with van der Waals surface area (Å²) in [5.41, 5.74) is 8.08. The minimum Gasteiger partial charge on any atom is -0.381 e. The molecular formula is C16H17FN2O. The van der Waals surface area contributed by atoms with E-state index in [-0.39, 0.29) is 5.82 Å². The van der Waals surface area contributed by atoms with Gasteiger partial charge in [-0.05, 0) is 36.2 Å². The molecule has 20 heavy (non-hydrogen) atoms. The van der Waals surface area contributed by atoms with E-state index >= 15 is 0 Å². The van der Waals surface area contributed by atoms with E-state index in [2.05, 4.69) is 12.2 Å². The van der Waals surface area contributed by atoms with Crippen LogP contribution in [0.4, 0.5) is 10.1 Å². The van der Waals surface area contributed by atoms with Gasteiger partial charge < -0.3 is 11.1 Å². The molecule has 0 radical (unpaired) electrons. The molecule has 0 heterocycles. The second kappa shape index (κ2) is 6.19. The predicted molar refractivity (Wildman–Crippen MR) is 78.1 cm³/mol. The molecule has 4 heteroatoms. The van der Waals surface area contributed by atoms with Crippen LogP contribution in [0.5, 0.6) is 0 Å². The molecule has 0 aliphatic carbocycles. The van der Waals surface area contributed by atoms with Gasteiger partial charge in [-0.1, -0.05) is 25.1 Å². The van der Waals surface area contributed by atoms with Crippen molar-refractivity contribution in [1.29, 1.82) is 0 Å². The smallest absolute Gasteiger partial charge is 0.248 e. The van der Waals surface area contributed by atoms with Crippen molar-refractivity contribution in [2.45, 2.75) is 19.9 Å². The molecular weight excluding hydrogens is 255 g/mol. The van der Waals surface area contributed by atoms with Crippen molar-refractivity contribution in [3.05, 3.63) is 65.0 Å². The van der Waals surface area contributed by atoms with Gasteiger partial charge in [0, 0.05) is 23.4 Å². The first-order valence-corrected chi connectivity index (χ1v) is 6.51. The van der Waals surface area contributed by atoms with Crippen molar-refractivity contribution in [2.75, 3.05) is 5.32 Å². The lowest BCUT2D eigenvalue weighted by Crippen LogP contribution is -2.12. The van der Waals surface area contributed by atoms with Gasteiger partial charge in [0.25, 0.3) is 0 Å². The highest BCUT2D eigenvalue weighted by Crippen LogP contribution is 2.18. The highest BCUT2D eigenvalue weighted by Gasteiger charge is 2.07. The molecule has 0 aliphatic rings. The van der Waals surface area contributed by atoms with Gasteiger partial charge in [-0.2, -0.15) is 0 Å². The molecule has 0 saturated heterocycles. The Bertz CT molecular complexity index is 626. The molecule has 0 saturated carbocycles. The summed E-state index contributed by atoms with van der Waals surface area (Å²) in [6.45, 7) is 2.37. The van der Waals surface area contributed by atoms with Crippen LogP contribution in [0, 0.1) is 5.82 Å². The Kier molecular flexibility index (Phi) is 4.35. The third kappa shape index (κ3) is 3.15. The number of carbonyl (C=O) groups excluding carboxylic acids is 1. The number of nitrogens with two attached hydrogens (primary N) is 1. The van der Waals surface area contributed by atoms with Gasteiger partial charge >= 0.3 is 0 Å². The first-order valence-electron chi connectivity index (χ1n) is 6.51. The molecule has 0 aliphatic heterocycles. The fourth-order valence-corrected chi connectivity index (χ4v) is 2.05. The minimum absolute atomic E-state index is 0.309. The topological polar surface area (TPSA) is 55.1 Å². The Morgan fingerprint density at radius 3 is 2.65 bits per heavy atom. The summed E-state index contributed by atoms with van der Waals surface area (Å²) in [5.74, 6) is -0.906. The van der Waals surface area contributed by atoms with Gasteiger partial charge in [-0.25, -0.2) is 4.39 Å². The van der Waals surface area contributed by atoms with Crippen LogP contribution >= 0.6 is 0 Å². The molecule has 0 spiro atoms. The summed E-state index contributed by atoms with van der Waals surface area (Å²) < 4.78 is 13.7. The number of halogens is 1. The second-order valence-corrected chi connectivity index (χ2v) is 4.53. The lowest BCUT2D eigenvalue weighted by molar-refractivity contribution is 0.1000. The molecule has 104 valence electrons. The average Bonchev–Trinajstić information content (AvgIpc) is 2.46. The average molecular weight is 272 g/mol. The van der Waals surface area contributed by atoms with Gasteiger partial charge in [0.15, 0.2) is 0 Å². The molecule has 3 N–H and O–H groups in total. The van der Waals surface area contributed by atoms with Crippen molar-refractivity contribution in [2.24, 2.45) is 5.73 Å². The van der Waals surface area contributed by atoms with Crippen molar-refractivity contribution in [1.82, 2.24) is 0 Å². The van der Waals surface area contributed by atoms with Crippen molar-refractivity contribution >= 4 is 11.6 Å². The number of para-hydroxylation sites is 1. The SMILES string of the molecule is CCc1ccccc1NCc1cc(C(N)=O)ccc1F. The van der Waals surface area contributed by atoms with E-state index in [1.807, 2.05) is 24.3 Å². The summed E-state index contributed by atoms with van der Waals surface area (Å²) in [6, 6.07) is 12.0. The lowest BCUT2D eigenvalue weighted by atomic mass is 10.1. The first kappa shape index (κ1) is 14.1. The Balaban J connectivity index is 2.18. The molecule has 0 fully saturated rings. The number of aryl methyl sites for hydroxylation is 1. The summed E-state index contributed by atoms with van der Waals surface area (Å²) in [5, 5.41) is 3.20. The summed E-state index contributed by atoms with van der Waals surface area (Å²) >= 11 is 0. The highest BCUT2D eigenvalue weighted by molar-refractivity contribution is 5.92. The third-order valence-corrected chi connectivity index (χ3v) is 3.20. The van der Waals surface area contributed by atoms with Gasteiger partial charge in [0.2, 0.25) is 5.91 Å². The minimum atomic E-state index is -0.555. The van der Waals surface area contributed by atoms with Gasteiger partial charge in [0.1, 0.15) is 5.82 Å². The number of hydrogen-bond acceptors (Lipinski definition) is 2. The molecule has 0 atom stereocenters. The monoisotopic (exact) mass is 272 g/mol. The van der Waals surface area contributed by atoms with Crippen LogP contribution in [-0.4, -0.2) is 5.91 Å². The quantitative estimate of drug-likeness (QED) is 0.878. The number of primary amides is 1. The Hall–Kier alpha value is -2.36. The zero-order valence-corrected chi connectivity index (χ0v) is 11.3. The molecule has 0 aromatic heterocycles. The highest BCUT2D eigenvalue weighted by atomic mass is 19.1. The standard InChI is InChI=1S/C16H17FN2O/c1-2-11-5-3-4-6-15(11)19-10-13-9-12(16(18)20)7-8-14(13)17/h3-9,19H,2,10H2,1H3,(H2,18,20). The number of amides is 1. The zero-order chi connectivity index (χ0) is 14.5. The fraction of sp³-hybridized carbons (Fsp3) is 0.188. The molecule has 0 unspecified atom stereocenters. The summed E-state index contributed by atoms with van der Waals surface area (Å²) in [6.07, 6.45) is 0.896. The number of hydrogen-bond donors (Lipinski definition) is 2. The largest absolute Gasteiger partial charge is 0.381 e. The maximum absolute atomic E-state index is 13.7. The molecule has 1 amide bonds. The van der Waals surface area contributed by atoms with Crippen LogP contribution in [0.3, 0.4) is 0 Å². The van der Waals surface area contributed by atoms with Crippen LogP contribution in [-0.2, 0) is 13.0 Å². The second-order valence-electron chi connectivity index (χ2n) is 4.53. The lowest BCUT2D eigenvalue weighted by Gasteiger charge is -2.12. The Morgan fingerprint density at radius 2 is 1.95 bits per heavy atom. The normalized spacial score (nSPS) is 10.3. The van der Waals surface area contributed by atoms with Crippen molar-refractivity contribution < 1.29 is 9.18 Å². The van der Waals surface area contributed by atoms with E-state index in [4.69, 9.17) is 5.73 Å². The van der Waals surface area contributed by atoms with Crippen LogP contribution < -0.4 is 11.1 Å². The number of benzene rings is 2. The maximum atomic E-state index is 13.7. The van der Waals surface area contributed by atoms with E-state index in [0.717, 1.165) is 12.1 Å². The van der Waals surface area contributed by atoms with E-state index in [9.17, 15) is 9.18 Å². The van der Waals surface area contributed by atoms with Crippen LogP contribution in [0.1, 0.15) is 28.4 Å². The first-order chi connectivity index (χ1) is 9.61. The van der Waals surface area contributed by atoms with Crippen molar-refractivity contribution in [3.8, 4) is 0 Å². The number of anilines is 1. The van der Waals surface area contributed by atoms with Crippen LogP contribution in [0.25, 0.3) is 0 Å². The Morgan fingerprint density at radius 1 is 1.20 bits per heavy atom. The Labute approximate surface area is 117 Å². The van der Waals surface area contributed by atoms with Crippen molar-refractivity contribution in [3.63, 3.8) is 0 Å².